The largest absolute Gasteiger partial charge is 0.338 e. The van der Waals surface area contributed by atoms with Crippen molar-refractivity contribution in [3.8, 4) is 0 Å². The molecule has 0 rings (SSSR count). The zero-order valence-corrected chi connectivity index (χ0v) is 10.4. The summed E-state index contributed by atoms with van der Waals surface area (Å²) in [6, 6.07) is 0. The Morgan fingerprint density at radius 2 is 1.67 bits per heavy atom. The zero-order valence-electron chi connectivity index (χ0n) is 9.63. The Hall–Kier alpha value is -1.41. The maximum absolute atomic E-state index is 4.99. The first-order valence-electron chi connectivity index (χ1n) is 4.27. The van der Waals surface area contributed by atoms with Crippen LogP contribution in [0.5, 0.6) is 0 Å². The van der Waals surface area contributed by atoms with Crippen molar-refractivity contribution in [3.63, 3.8) is 0 Å². The molecule has 0 aromatic rings. The maximum Gasteiger partial charge on any atom is 0.338 e. The summed E-state index contributed by atoms with van der Waals surface area (Å²) >= 11 is 4.47. The number of thiocarbonyl (C=S) groups is 1. The van der Waals surface area contributed by atoms with Crippen molar-refractivity contribution in [3.05, 3.63) is 0 Å². The second kappa shape index (κ2) is 15.1. The molecular weight excluding hydrogens is 214 g/mol. The summed E-state index contributed by atoms with van der Waals surface area (Å²) in [7, 11) is 3.41. The predicted octanol–water partition coefficient (Wildman–Crippen LogP) is -5.78. The van der Waals surface area contributed by atoms with Gasteiger partial charge in [-0.05, 0) is 0 Å². The zero-order chi connectivity index (χ0) is 12.9. The van der Waals surface area contributed by atoms with E-state index in [9.17, 15) is 0 Å². The van der Waals surface area contributed by atoms with Crippen molar-refractivity contribution < 1.29 is 16.1 Å². The summed E-state index contributed by atoms with van der Waals surface area (Å²) in [5.74, 6) is 0.759. The number of nitrogens with two attached hydrogens (primary N) is 4. The van der Waals surface area contributed by atoms with Gasteiger partial charge in [0.25, 0.3) is 5.11 Å². The van der Waals surface area contributed by atoms with E-state index in [4.69, 9.17) is 22.6 Å². The van der Waals surface area contributed by atoms with Gasteiger partial charge in [0.05, 0.1) is 7.05 Å². The molecule has 0 radical (unpaired) electrons. The smallest absolute Gasteiger partial charge is 0.335 e. The van der Waals surface area contributed by atoms with E-state index in [0.29, 0.717) is 10.9 Å². The van der Waals surface area contributed by atoms with Gasteiger partial charge in [0, 0.05) is 25.7 Å². The molecule has 0 fully saturated rings. The lowest BCUT2D eigenvalue weighted by atomic mass is 10.5. The molecule has 0 saturated carbocycles. The van der Waals surface area contributed by atoms with Crippen molar-refractivity contribution in [2.24, 2.45) is 17.2 Å². The van der Waals surface area contributed by atoms with Crippen LogP contribution in [0.25, 0.3) is 0 Å². The Balaban J connectivity index is -0.000000144. The molecule has 0 heterocycles. The lowest BCUT2D eigenvalue weighted by Crippen LogP contribution is -2.73. The number of quaternary nitrogens is 1. The summed E-state index contributed by atoms with van der Waals surface area (Å²) < 4.78 is 0. The van der Waals surface area contributed by atoms with Gasteiger partial charge in [-0.3, -0.25) is 27.6 Å². The quantitative estimate of drug-likeness (QED) is 0.138. The van der Waals surface area contributed by atoms with E-state index in [1.54, 1.807) is 14.1 Å². The molecule has 8 heteroatoms. The number of hydrogen-bond donors (Lipinski definition) is 7. The van der Waals surface area contributed by atoms with Gasteiger partial charge in [-0.15, -0.1) is 0 Å². The number of guanidine groups is 1. The highest BCUT2D eigenvalue weighted by Crippen LogP contribution is 1.59. The van der Waals surface area contributed by atoms with E-state index >= 15 is 0 Å². The van der Waals surface area contributed by atoms with Crippen molar-refractivity contribution in [2.45, 2.75) is 13.3 Å². The Kier molecular flexibility index (Phi) is 19.3. The van der Waals surface area contributed by atoms with Gasteiger partial charge in [-0.25, -0.2) is 0 Å². The lowest BCUT2D eigenvalue weighted by molar-refractivity contribution is -0.422. The Morgan fingerprint density at radius 3 is 1.67 bits per heavy atom. The van der Waals surface area contributed by atoms with E-state index < -0.39 is 0 Å². The highest BCUT2D eigenvalue weighted by molar-refractivity contribution is 7.79. The number of hydrogen-bond acceptors (Lipinski definition) is 1. The van der Waals surface area contributed by atoms with Gasteiger partial charge in [-0.1, -0.05) is 6.92 Å². The minimum Gasteiger partial charge on any atom is -0.335 e. The molecule has 0 saturated heterocycles. The Morgan fingerprint density at radius 1 is 1.47 bits per heavy atom. The fourth-order valence-corrected chi connectivity index (χ4v) is 0. The first kappa shape index (κ1) is 19.2. The molecule has 13 N–H and O–H groups in total. The molecule has 0 aromatic carbocycles. The van der Waals surface area contributed by atoms with E-state index in [0.717, 1.165) is 6.42 Å². The summed E-state index contributed by atoms with van der Waals surface area (Å²) in [4.78, 5) is 2.50. The van der Waals surface area contributed by atoms with Crippen LogP contribution in [0.2, 0.25) is 0 Å². The van der Waals surface area contributed by atoms with Crippen LogP contribution in [0, 0.1) is 0 Å². The summed E-state index contributed by atoms with van der Waals surface area (Å²) in [5, 5.41) is 8.22. The molecule has 90 valence electrons. The Labute approximate surface area is 95.8 Å². The average Bonchev–Trinajstić information content (AvgIpc) is 2.19. The summed E-state index contributed by atoms with van der Waals surface area (Å²) in [5.41, 5.74) is 18.1. The fraction of sp³-hybridized carbons (Fsp3) is 0.571. The highest BCUT2D eigenvalue weighted by Gasteiger charge is 1.79. The molecule has 0 bridgehead atoms. The van der Waals surface area contributed by atoms with Gasteiger partial charge in [0.1, 0.15) is 0 Å². The molecule has 0 aromatic heterocycles. The third kappa shape index (κ3) is 67.0. The predicted molar refractivity (Wildman–Crippen MR) is 66.2 cm³/mol. The standard InChI is InChI=1S/C3H8N2.C2H7N3.C2H6N2S/c1-2-3(4)5;1-5-2(3)4;1-4-2(3)5/h2H2,1H3,(H3,4,5);1H3,(H4,3,4,5);1H3,(H3,3,4,5)/p+3. The van der Waals surface area contributed by atoms with Crippen molar-refractivity contribution in [2.75, 3.05) is 14.1 Å². The molecule has 0 amide bonds. The topological polar surface area (TPSA) is 157 Å². The van der Waals surface area contributed by atoms with Crippen molar-refractivity contribution in [1.29, 1.82) is 0 Å². The first-order chi connectivity index (χ1) is 6.81. The van der Waals surface area contributed by atoms with Gasteiger partial charge < -0.3 is 11.1 Å². The molecule has 0 spiro atoms. The SMILES string of the molecule is CCC(N)=[NH2+].CNC([NH3+])=S.C[NH+]=C(N)N. The molecule has 15 heavy (non-hydrogen) atoms. The van der Waals surface area contributed by atoms with Crippen molar-refractivity contribution in [1.82, 2.24) is 5.32 Å². The number of amidine groups is 1. The fourth-order valence-electron chi connectivity index (χ4n) is 0. The molecule has 0 aliphatic carbocycles. The van der Waals surface area contributed by atoms with Gasteiger partial charge in [0.2, 0.25) is 5.84 Å². The molecule has 0 aliphatic rings. The number of nitrogens with one attached hydrogen (secondary N) is 2. The molecule has 7 nitrogen and oxygen atoms in total. The highest BCUT2D eigenvalue weighted by atomic mass is 32.1. The van der Waals surface area contributed by atoms with Crippen LogP contribution in [0.1, 0.15) is 13.3 Å². The average molecular weight is 238 g/mol. The monoisotopic (exact) mass is 238 g/mol. The second-order valence-corrected chi connectivity index (χ2v) is 2.80. The van der Waals surface area contributed by atoms with Gasteiger partial charge >= 0.3 is 5.96 Å². The summed E-state index contributed by atoms with van der Waals surface area (Å²) in [6.45, 7) is 1.91. The van der Waals surface area contributed by atoms with Crippen LogP contribution in [0.4, 0.5) is 0 Å². The van der Waals surface area contributed by atoms with Crippen LogP contribution >= 0.6 is 12.2 Å². The van der Waals surface area contributed by atoms with E-state index in [2.05, 4.69) is 28.3 Å². The van der Waals surface area contributed by atoms with Crippen LogP contribution in [-0.2, 0) is 0 Å². The number of rotatable bonds is 1. The third-order valence-corrected chi connectivity index (χ3v) is 1.18. The minimum absolute atomic E-state index is 0.255. The van der Waals surface area contributed by atoms with Gasteiger partial charge in [0.15, 0.2) is 0 Å². The first-order valence-corrected chi connectivity index (χ1v) is 4.68. The minimum atomic E-state index is 0.255. The van der Waals surface area contributed by atoms with E-state index in [1.165, 1.54) is 0 Å². The Bertz CT molecular complexity index is 184. The third-order valence-electron chi connectivity index (χ3n) is 0.976. The molecule has 0 aliphatic heterocycles. The second-order valence-electron chi connectivity index (χ2n) is 2.31. The normalized spacial score (nSPS) is 6.93. The molecular formula is C7H24N7S+3. The van der Waals surface area contributed by atoms with Crippen LogP contribution in [-0.4, -0.2) is 31.0 Å². The molecule has 0 unspecified atom stereocenters. The van der Waals surface area contributed by atoms with Crippen LogP contribution < -0.4 is 38.7 Å². The van der Waals surface area contributed by atoms with Gasteiger partial charge in [-0.2, -0.15) is 0 Å². The van der Waals surface area contributed by atoms with Crippen molar-refractivity contribution >= 4 is 29.1 Å². The van der Waals surface area contributed by atoms with E-state index in [1.807, 2.05) is 6.92 Å². The van der Waals surface area contributed by atoms with Crippen LogP contribution in [0.15, 0.2) is 0 Å². The van der Waals surface area contributed by atoms with E-state index in [-0.39, 0.29) is 5.96 Å². The lowest BCUT2D eigenvalue weighted by Gasteiger charge is -1.79. The maximum atomic E-state index is 4.99. The molecule has 0 atom stereocenters. The summed E-state index contributed by atoms with van der Waals surface area (Å²) in [6.07, 6.45) is 0.778. The van der Waals surface area contributed by atoms with Crippen LogP contribution in [0.3, 0.4) is 0 Å².